The molecule has 1 atom stereocenters. The Balaban J connectivity index is 2.31. The zero-order valence-electron chi connectivity index (χ0n) is 11.1. The maximum absolute atomic E-state index is 10.8. The molecule has 5 nitrogen and oxygen atoms in total. The third-order valence-corrected chi connectivity index (χ3v) is 2.92. The summed E-state index contributed by atoms with van der Waals surface area (Å²) < 4.78 is 5.50. The lowest BCUT2D eigenvalue weighted by molar-refractivity contribution is -0.142. The first kappa shape index (κ1) is 15.5. The Morgan fingerprint density at radius 2 is 2.00 bits per heavy atom. The van der Waals surface area contributed by atoms with Crippen molar-refractivity contribution in [3.8, 4) is 5.75 Å². The molecule has 4 N–H and O–H groups in total. The lowest BCUT2D eigenvalue weighted by Gasteiger charge is -2.18. The molecule has 0 bridgehead atoms. The van der Waals surface area contributed by atoms with Gasteiger partial charge in [0.25, 0.3) is 0 Å². The highest BCUT2D eigenvalue weighted by atomic mass is 16.5. The van der Waals surface area contributed by atoms with E-state index < -0.39 is 11.5 Å². The van der Waals surface area contributed by atoms with Crippen LogP contribution in [0.5, 0.6) is 5.75 Å². The summed E-state index contributed by atoms with van der Waals surface area (Å²) >= 11 is 0. The van der Waals surface area contributed by atoms with Gasteiger partial charge in [-0.25, -0.2) is 0 Å². The molecule has 0 saturated carbocycles. The lowest BCUT2D eigenvalue weighted by atomic mass is 9.98. The van der Waals surface area contributed by atoms with Crippen LogP contribution in [0.15, 0.2) is 24.3 Å². The molecule has 0 fully saturated rings. The number of carboxylic acids is 1. The molecule has 106 valence electrons. The van der Waals surface area contributed by atoms with Gasteiger partial charge in [0.1, 0.15) is 11.3 Å². The fourth-order valence-corrected chi connectivity index (χ4v) is 1.62. The topological polar surface area (TPSA) is 92.8 Å². The Bertz CT molecular complexity index is 400. The van der Waals surface area contributed by atoms with Gasteiger partial charge in [-0.1, -0.05) is 12.1 Å². The summed E-state index contributed by atoms with van der Waals surface area (Å²) in [4.78, 5) is 10.8. The SMILES string of the molecule is CC(N)(CCCOc1ccc(CCO)cc1)C(=O)O. The van der Waals surface area contributed by atoms with Gasteiger partial charge in [-0.3, -0.25) is 4.79 Å². The average molecular weight is 267 g/mol. The summed E-state index contributed by atoms with van der Waals surface area (Å²) in [7, 11) is 0. The fourth-order valence-electron chi connectivity index (χ4n) is 1.62. The van der Waals surface area contributed by atoms with Crippen LogP contribution in [0.1, 0.15) is 25.3 Å². The normalized spacial score (nSPS) is 13.8. The first-order valence-corrected chi connectivity index (χ1v) is 6.30. The van der Waals surface area contributed by atoms with Crippen LogP contribution in [0.4, 0.5) is 0 Å². The van der Waals surface area contributed by atoms with Crippen LogP contribution < -0.4 is 10.5 Å². The van der Waals surface area contributed by atoms with Crippen LogP contribution >= 0.6 is 0 Å². The number of carbonyl (C=O) groups is 1. The third kappa shape index (κ3) is 5.28. The molecule has 1 unspecified atom stereocenters. The molecule has 0 radical (unpaired) electrons. The van der Waals surface area contributed by atoms with Crippen molar-refractivity contribution in [2.45, 2.75) is 31.7 Å². The van der Waals surface area contributed by atoms with Crippen molar-refractivity contribution >= 4 is 5.97 Å². The van der Waals surface area contributed by atoms with Crippen molar-refractivity contribution in [3.63, 3.8) is 0 Å². The molecule has 0 heterocycles. The largest absolute Gasteiger partial charge is 0.494 e. The molecule has 0 aromatic heterocycles. The molecule has 1 aromatic carbocycles. The highest BCUT2D eigenvalue weighted by Crippen LogP contribution is 2.14. The van der Waals surface area contributed by atoms with Crippen LogP contribution in [-0.2, 0) is 11.2 Å². The molecule has 0 saturated heterocycles. The smallest absolute Gasteiger partial charge is 0.323 e. The van der Waals surface area contributed by atoms with E-state index in [4.69, 9.17) is 20.7 Å². The predicted molar refractivity (Wildman–Crippen MR) is 72.2 cm³/mol. The Morgan fingerprint density at radius 1 is 1.37 bits per heavy atom. The number of hydrogen-bond donors (Lipinski definition) is 3. The molecule has 5 heteroatoms. The molecular weight excluding hydrogens is 246 g/mol. The highest BCUT2D eigenvalue weighted by Gasteiger charge is 2.26. The summed E-state index contributed by atoms with van der Waals surface area (Å²) in [5.41, 5.74) is 5.46. The molecule has 0 spiro atoms. The number of aliphatic hydroxyl groups is 1. The number of rotatable bonds is 8. The van der Waals surface area contributed by atoms with Crippen molar-refractivity contribution in [1.82, 2.24) is 0 Å². The molecule has 19 heavy (non-hydrogen) atoms. The van der Waals surface area contributed by atoms with Gasteiger partial charge in [0, 0.05) is 6.61 Å². The standard InChI is InChI=1S/C14H21NO4/c1-14(15,13(17)18)8-2-10-19-12-5-3-11(4-6-12)7-9-16/h3-6,16H,2,7-10,15H2,1H3,(H,17,18). The number of benzene rings is 1. The van der Waals surface area contributed by atoms with Gasteiger partial charge in [0.05, 0.1) is 6.61 Å². The Kier molecular flexibility index (Phi) is 5.79. The summed E-state index contributed by atoms with van der Waals surface area (Å²) in [5, 5.41) is 17.6. The predicted octanol–water partition coefficient (Wildman–Crippen LogP) is 1.18. The minimum Gasteiger partial charge on any atom is -0.494 e. The van der Waals surface area contributed by atoms with Crippen LogP contribution in [0, 0.1) is 0 Å². The van der Waals surface area contributed by atoms with Crippen LogP contribution in [0.3, 0.4) is 0 Å². The zero-order valence-corrected chi connectivity index (χ0v) is 11.1. The van der Waals surface area contributed by atoms with Gasteiger partial charge in [0.15, 0.2) is 0 Å². The molecule has 0 aliphatic carbocycles. The van der Waals surface area contributed by atoms with E-state index >= 15 is 0 Å². The number of aliphatic carboxylic acids is 1. The minimum absolute atomic E-state index is 0.129. The van der Waals surface area contributed by atoms with E-state index in [1.54, 1.807) is 0 Å². The minimum atomic E-state index is -1.20. The molecular formula is C14H21NO4. The van der Waals surface area contributed by atoms with E-state index in [9.17, 15) is 4.79 Å². The average Bonchev–Trinajstić information content (AvgIpc) is 2.37. The maximum atomic E-state index is 10.8. The molecule has 1 rings (SSSR count). The van der Waals surface area contributed by atoms with Gasteiger partial charge in [0.2, 0.25) is 0 Å². The van der Waals surface area contributed by atoms with Crippen LogP contribution in [0.2, 0.25) is 0 Å². The van der Waals surface area contributed by atoms with E-state index in [1.807, 2.05) is 24.3 Å². The van der Waals surface area contributed by atoms with Crippen LogP contribution in [0.25, 0.3) is 0 Å². The van der Waals surface area contributed by atoms with Gasteiger partial charge < -0.3 is 20.7 Å². The third-order valence-electron chi connectivity index (χ3n) is 2.92. The summed E-state index contributed by atoms with van der Waals surface area (Å²) in [6, 6.07) is 7.47. The van der Waals surface area contributed by atoms with E-state index in [-0.39, 0.29) is 6.61 Å². The number of ether oxygens (including phenoxy) is 1. The molecule has 0 aliphatic rings. The number of nitrogens with two attached hydrogens (primary N) is 1. The summed E-state index contributed by atoms with van der Waals surface area (Å²) in [6.45, 7) is 2.06. The van der Waals surface area contributed by atoms with Crippen molar-refractivity contribution in [2.75, 3.05) is 13.2 Å². The lowest BCUT2D eigenvalue weighted by Crippen LogP contribution is -2.44. The fraction of sp³-hybridized carbons (Fsp3) is 0.500. The quantitative estimate of drug-likeness (QED) is 0.615. The van der Waals surface area contributed by atoms with Crippen molar-refractivity contribution < 1.29 is 19.7 Å². The van der Waals surface area contributed by atoms with E-state index in [0.717, 1.165) is 11.3 Å². The van der Waals surface area contributed by atoms with Crippen molar-refractivity contribution in [1.29, 1.82) is 0 Å². The second-order valence-electron chi connectivity index (χ2n) is 4.79. The highest BCUT2D eigenvalue weighted by molar-refractivity contribution is 5.77. The van der Waals surface area contributed by atoms with E-state index in [2.05, 4.69) is 0 Å². The molecule has 0 amide bonds. The zero-order chi connectivity index (χ0) is 14.3. The molecule has 0 aliphatic heterocycles. The van der Waals surface area contributed by atoms with Crippen molar-refractivity contribution in [2.24, 2.45) is 5.73 Å². The van der Waals surface area contributed by atoms with E-state index in [1.165, 1.54) is 6.92 Å². The monoisotopic (exact) mass is 267 g/mol. The first-order valence-electron chi connectivity index (χ1n) is 6.30. The van der Waals surface area contributed by atoms with Crippen LogP contribution in [-0.4, -0.2) is 34.9 Å². The Hall–Kier alpha value is -1.59. The van der Waals surface area contributed by atoms with Gasteiger partial charge in [-0.15, -0.1) is 0 Å². The number of aliphatic hydroxyl groups excluding tert-OH is 1. The van der Waals surface area contributed by atoms with Gasteiger partial charge >= 0.3 is 5.97 Å². The summed E-state index contributed by atoms with van der Waals surface area (Å²) in [5.74, 6) is -0.267. The van der Waals surface area contributed by atoms with Crippen molar-refractivity contribution in [3.05, 3.63) is 29.8 Å². The Labute approximate surface area is 113 Å². The first-order chi connectivity index (χ1) is 8.95. The number of hydrogen-bond acceptors (Lipinski definition) is 4. The second kappa shape index (κ2) is 7.11. The number of carboxylic acid groups (broad SMARTS) is 1. The van der Waals surface area contributed by atoms with Gasteiger partial charge in [-0.05, 0) is 43.9 Å². The Morgan fingerprint density at radius 3 is 2.53 bits per heavy atom. The van der Waals surface area contributed by atoms with Gasteiger partial charge in [-0.2, -0.15) is 0 Å². The second-order valence-corrected chi connectivity index (χ2v) is 4.79. The maximum Gasteiger partial charge on any atom is 0.323 e. The van der Waals surface area contributed by atoms with E-state index in [0.29, 0.717) is 25.9 Å². The summed E-state index contributed by atoms with van der Waals surface area (Å²) in [6.07, 6.45) is 1.58. The molecule has 1 aromatic rings.